The van der Waals surface area contributed by atoms with E-state index in [4.69, 9.17) is 9.72 Å². The Morgan fingerprint density at radius 3 is 2.41 bits per heavy atom. The van der Waals surface area contributed by atoms with Crippen molar-refractivity contribution in [2.24, 2.45) is 0 Å². The molecule has 8 heteroatoms. The number of rotatable bonds is 5. The topological polar surface area (TPSA) is 69.7 Å². The van der Waals surface area contributed by atoms with E-state index in [0.717, 1.165) is 33.7 Å². The summed E-state index contributed by atoms with van der Waals surface area (Å²) in [4.78, 5) is 18.1. The molecular weight excluding hydrogens is 442 g/mol. The van der Waals surface area contributed by atoms with Crippen molar-refractivity contribution in [3.8, 4) is 28.5 Å². The Bertz CT molecular complexity index is 1320. The van der Waals surface area contributed by atoms with Crippen LogP contribution in [0.4, 0.5) is 14.6 Å². The molecule has 34 heavy (non-hydrogen) atoms. The molecule has 1 fully saturated rings. The van der Waals surface area contributed by atoms with Gasteiger partial charge in [-0.05, 0) is 92.3 Å². The molecule has 0 unspecified atom stereocenters. The average molecular weight is 466 g/mol. The van der Waals surface area contributed by atoms with Crippen molar-refractivity contribution in [2.45, 2.75) is 45.3 Å². The van der Waals surface area contributed by atoms with E-state index in [1.165, 1.54) is 12.1 Å². The van der Waals surface area contributed by atoms with Crippen LogP contribution in [0, 0.1) is 20.8 Å². The van der Waals surface area contributed by atoms with Crippen LogP contribution in [0.3, 0.4) is 0 Å². The first-order valence-corrected chi connectivity index (χ1v) is 11.0. The van der Waals surface area contributed by atoms with Crippen molar-refractivity contribution in [1.29, 1.82) is 0 Å². The number of nitrogens with zero attached hydrogens (tertiary/aromatic N) is 1. The standard InChI is InChI=1S/C26H24F2N2O4/c1-14-12-22(29-23(16(14)3)19-7-6-18(32-4)11-15(19)2)30-24(31)25(9-10-25)17-5-8-20-21(13-17)34-26(27,28)33-20/h5-8,11-13H,9-10H2,1-4H3,(H,29,30,31). The SMILES string of the molecule is COc1ccc(-c2nc(NC(=O)C3(c4ccc5c(c4)OC(F)(F)O5)CC3)cc(C)c2C)c(C)c1. The Morgan fingerprint density at radius 2 is 1.74 bits per heavy atom. The molecule has 1 saturated carbocycles. The van der Waals surface area contributed by atoms with Crippen molar-refractivity contribution in [3.63, 3.8) is 0 Å². The summed E-state index contributed by atoms with van der Waals surface area (Å²) in [7, 11) is 1.62. The number of aryl methyl sites for hydroxylation is 2. The fourth-order valence-corrected chi connectivity index (χ4v) is 4.35. The quantitative estimate of drug-likeness (QED) is 0.524. The van der Waals surface area contributed by atoms with Crippen LogP contribution in [0.25, 0.3) is 11.3 Å². The van der Waals surface area contributed by atoms with Gasteiger partial charge in [0, 0.05) is 5.56 Å². The molecule has 1 aliphatic heterocycles. The van der Waals surface area contributed by atoms with E-state index in [2.05, 4.69) is 14.8 Å². The summed E-state index contributed by atoms with van der Waals surface area (Å²) < 4.78 is 41.2. The van der Waals surface area contributed by atoms with Gasteiger partial charge in [0.2, 0.25) is 5.91 Å². The third-order valence-electron chi connectivity index (χ3n) is 6.60. The summed E-state index contributed by atoms with van der Waals surface area (Å²) in [6, 6.07) is 12.1. The Morgan fingerprint density at radius 1 is 1.00 bits per heavy atom. The summed E-state index contributed by atoms with van der Waals surface area (Å²) in [5, 5.41) is 2.95. The van der Waals surface area contributed by atoms with Crippen molar-refractivity contribution < 1.29 is 27.8 Å². The first kappa shape index (κ1) is 22.1. The fourth-order valence-electron chi connectivity index (χ4n) is 4.35. The molecule has 1 N–H and O–H groups in total. The molecule has 176 valence electrons. The first-order chi connectivity index (χ1) is 16.1. The number of anilines is 1. The van der Waals surface area contributed by atoms with Crippen LogP contribution in [0.1, 0.15) is 35.1 Å². The summed E-state index contributed by atoms with van der Waals surface area (Å²) in [5.74, 6) is 0.865. The number of nitrogens with one attached hydrogen (secondary N) is 1. The van der Waals surface area contributed by atoms with Crippen LogP contribution < -0.4 is 19.5 Å². The molecule has 3 aromatic rings. The number of methoxy groups -OCH3 is 1. The monoisotopic (exact) mass is 466 g/mol. The van der Waals surface area contributed by atoms with Gasteiger partial charge in [0.05, 0.1) is 18.2 Å². The third kappa shape index (κ3) is 3.73. The molecule has 5 rings (SSSR count). The Hall–Kier alpha value is -3.68. The summed E-state index contributed by atoms with van der Waals surface area (Å²) in [6.45, 7) is 5.96. The van der Waals surface area contributed by atoms with Gasteiger partial charge in [-0.25, -0.2) is 4.98 Å². The van der Waals surface area contributed by atoms with Gasteiger partial charge in [0.1, 0.15) is 11.6 Å². The second-order valence-electron chi connectivity index (χ2n) is 8.84. The molecule has 0 atom stereocenters. The zero-order valence-electron chi connectivity index (χ0n) is 19.3. The van der Waals surface area contributed by atoms with Crippen molar-refractivity contribution in [1.82, 2.24) is 4.98 Å². The second kappa shape index (κ2) is 7.68. The number of hydrogen-bond donors (Lipinski definition) is 1. The molecule has 2 heterocycles. The fraction of sp³-hybridized carbons (Fsp3) is 0.308. The zero-order chi connectivity index (χ0) is 24.3. The van der Waals surface area contributed by atoms with E-state index in [9.17, 15) is 13.6 Å². The van der Waals surface area contributed by atoms with Crippen LogP contribution in [-0.4, -0.2) is 24.3 Å². The minimum Gasteiger partial charge on any atom is -0.497 e. The van der Waals surface area contributed by atoms with Crippen LogP contribution >= 0.6 is 0 Å². The highest BCUT2D eigenvalue weighted by atomic mass is 19.3. The number of aromatic nitrogens is 1. The molecule has 2 aliphatic rings. The van der Waals surface area contributed by atoms with Crippen molar-refractivity contribution in [3.05, 3.63) is 64.7 Å². The van der Waals surface area contributed by atoms with Crippen LogP contribution in [0.5, 0.6) is 17.2 Å². The molecule has 0 spiro atoms. The summed E-state index contributed by atoms with van der Waals surface area (Å²) >= 11 is 0. The Kier molecular flexibility index (Phi) is 5.00. The lowest BCUT2D eigenvalue weighted by molar-refractivity contribution is -0.286. The molecular formula is C26H24F2N2O4. The highest BCUT2D eigenvalue weighted by Gasteiger charge is 2.53. The van der Waals surface area contributed by atoms with Gasteiger partial charge in [-0.2, -0.15) is 0 Å². The summed E-state index contributed by atoms with van der Waals surface area (Å²) in [6.07, 6.45) is -2.49. The smallest absolute Gasteiger partial charge is 0.497 e. The van der Waals surface area contributed by atoms with Crippen LogP contribution in [0.15, 0.2) is 42.5 Å². The van der Waals surface area contributed by atoms with E-state index in [1.807, 2.05) is 45.0 Å². The van der Waals surface area contributed by atoms with Gasteiger partial charge in [0.25, 0.3) is 0 Å². The maximum Gasteiger partial charge on any atom is 0.586 e. The maximum atomic E-state index is 13.4. The van der Waals surface area contributed by atoms with Gasteiger partial charge in [0.15, 0.2) is 11.5 Å². The number of alkyl halides is 2. The number of halogens is 2. The Balaban J connectivity index is 1.44. The number of fused-ring (bicyclic) bond motifs is 1. The molecule has 1 amide bonds. The number of pyridine rings is 1. The van der Waals surface area contributed by atoms with E-state index < -0.39 is 11.7 Å². The molecule has 6 nitrogen and oxygen atoms in total. The molecule has 0 radical (unpaired) electrons. The van der Waals surface area contributed by atoms with Gasteiger partial charge < -0.3 is 19.5 Å². The lowest BCUT2D eigenvalue weighted by atomic mass is 9.94. The highest BCUT2D eigenvalue weighted by molar-refractivity contribution is 6.01. The van der Waals surface area contributed by atoms with E-state index in [-0.39, 0.29) is 17.4 Å². The highest BCUT2D eigenvalue weighted by Crippen LogP contribution is 2.52. The van der Waals surface area contributed by atoms with E-state index >= 15 is 0 Å². The van der Waals surface area contributed by atoms with Gasteiger partial charge >= 0.3 is 6.29 Å². The van der Waals surface area contributed by atoms with Gasteiger partial charge in [-0.1, -0.05) is 6.07 Å². The number of benzene rings is 2. The first-order valence-electron chi connectivity index (χ1n) is 11.0. The predicted molar refractivity (Wildman–Crippen MR) is 123 cm³/mol. The number of amides is 1. The van der Waals surface area contributed by atoms with E-state index in [0.29, 0.717) is 24.2 Å². The van der Waals surface area contributed by atoms with Gasteiger partial charge in [-0.15, -0.1) is 8.78 Å². The lowest BCUT2D eigenvalue weighted by Gasteiger charge is -2.18. The second-order valence-corrected chi connectivity index (χ2v) is 8.84. The zero-order valence-corrected chi connectivity index (χ0v) is 19.3. The van der Waals surface area contributed by atoms with Crippen molar-refractivity contribution >= 4 is 11.7 Å². The molecule has 1 aromatic heterocycles. The number of carbonyl (C=O) groups excluding carboxylic acids is 1. The minimum absolute atomic E-state index is 0.0414. The average Bonchev–Trinajstić information content (AvgIpc) is 3.53. The predicted octanol–water partition coefficient (Wildman–Crippen LogP) is 5.67. The number of ether oxygens (including phenoxy) is 3. The number of hydrogen-bond acceptors (Lipinski definition) is 5. The third-order valence-corrected chi connectivity index (χ3v) is 6.60. The lowest BCUT2D eigenvalue weighted by Crippen LogP contribution is -2.28. The van der Waals surface area contributed by atoms with Crippen LogP contribution in [-0.2, 0) is 10.2 Å². The molecule has 0 saturated heterocycles. The molecule has 2 aromatic carbocycles. The van der Waals surface area contributed by atoms with Crippen LogP contribution in [0.2, 0.25) is 0 Å². The molecule has 1 aliphatic carbocycles. The van der Waals surface area contributed by atoms with Crippen molar-refractivity contribution in [2.75, 3.05) is 12.4 Å². The normalized spacial score (nSPS) is 16.8. The maximum absolute atomic E-state index is 13.4. The van der Waals surface area contributed by atoms with Gasteiger partial charge in [-0.3, -0.25) is 4.79 Å². The Labute approximate surface area is 195 Å². The number of carbonyl (C=O) groups is 1. The minimum atomic E-state index is -3.70. The van der Waals surface area contributed by atoms with E-state index in [1.54, 1.807) is 13.2 Å². The largest absolute Gasteiger partial charge is 0.586 e. The molecule has 0 bridgehead atoms. The summed E-state index contributed by atoms with van der Waals surface area (Å²) in [5.41, 5.74) is 4.55.